The van der Waals surface area contributed by atoms with Gasteiger partial charge in [-0.15, -0.1) is 0 Å². The lowest BCUT2D eigenvalue weighted by Gasteiger charge is -2.03. The molecule has 1 heterocycles. The molecule has 2 N–H and O–H groups in total. The Kier molecular flexibility index (Phi) is 4.26. The van der Waals surface area contributed by atoms with E-state index in [1.165, 1.54) is 0 Å². The molecule has 14 heavy (non-hydrogen) atoms. The monoisotopic (exact) mass is 257 g/mol. The lowest BCUT2D eigenvalue weighted by molar-refractivity contribution is 0.265. The van der Waals surface area contributed by atoms with Gasteiger partial charge in [0.2, 0.25) is 0 Å². The zero-order valence-electron chi connectivity index (χ0n) is 8.64. The lowest BCUT2D eigenvalue weighted by Crippen LogP contribution is -1.97. The summed E-state index contributed by atoms with van der Waals surface area (Å²) < 4.78 is 6.51. The van der Waals surface area contributed by atoms with Gasteiger partial charge in [0.15, 0.2) is 0 Å². The van der Waals surface area contributed by atoms with E-state index in [9.17, 15) is 0 Å². The second kappa shape index (κ2) is 5.25. The van der Waals surface area contributed by atoms with Gasteiger partial charge < -0.3 is 10.5 Å². The van der Waals surface area contributed by atoms with Crippen molar-refractivity contribution in [2.75, 3.05) is 6.61 Å². The molecule has 0 unspecified atom stereocenters. The quantitative estimate of drug-likeness (QED) is 0.825. The van der Waals surface area contributed by atoms with Crippen LogP contribution in [0.15, 0.2) is 33.7 Å². The lowest BCUT2D eigenvalue weighted by atomic mass is 10.1. The van der Waals surface area contributed by atoms with Gasteiger partial charge in [0, 0.05) is 17.7 Å². The van der Waals surface area contributed by atoms with Gasteiger partial charge in [-0.2, -0.15) is 0 Å². The van der Waals surface area contributed by atoms with Crippen molar-refractivity contribution in [1.29, 1.82) is 0 Å². The standard InChI is InChI=1S/C11H16BrNO/c1-3-4-5-10(12)11-9(8(2)13)6-7-14-11/h4-5H,3,6-7,13H2,1-2H3/b5-4+,9-8+,11-10-. The van der Waals surface area contributed by atoms with Crippen LogP contribution < -0.4 is 5.73 Å². The predicted octanol–water partition coefficient (Wildman–Crippen LogP) is 3.21. The summed E-state index contributed by atoms with van der Waals surface area (Å²) in [4.78, 5) is 0. The second-order valence-electron chi connectivity index (χ2n) is 3.25. The van der Waals surface area contributed by atoms with Crippen molar-refractivity contribution in [2.24, 2.45) is 5.73 Å². The Morgan fingerprint density at radius 2 is 2.36 bits per heavy atom. The van der Waals surface area contributed by atoms with Crippen LogP contribution in [0.4, 0.5) is 0 Å². The number of hydrogen-bond acceptors (Lipinski definition) is 2. The highest BCUT2D eigenvalue weighted by Gasteiger charge is 2.19. The Hall–Kier alpha value is -0.700. The van der Waals surface area contributed by atoms with Gasteiger partial charge in [0.25, 0.3) is 0 Å². The van der Waals surface area contributed by atoms with Crippen LogP contribution in [0.1, 0.15) is 26.7 Å². The minimum absolute atomic E-state index is 0.730. The van der Waals surface area contributed by atoms with Crippen LogP contribution in [-0.4, -0.2) is 6.61 Å². The van der Waals surface area contributed by atoms with E-state index in [1.54, 1.807) is 0 Å². The van der Waals surface area contributed by atoms with E-state index < -0.39 is 0 Å². The van der Waals surface area contributed by atoms with E-state index in [0.29, 0.717) is 0 Å². The van der Waals surface area contributed by atoms with Gasteiger partial charge in [-0.25, -0.2) is 0 Å². The van der Waals surface area contributed by atoms with Crippen molar-refractivity contribution >= 4 is 15.9 Å². The molecular formula is C11H16BrNO. The first-order chi connectivity index (χ1) is 6.66. The maximum absolute atomic E-state index is 5.78. The fourth-order valence-corrected chi connectivity index (χ4v) is 1.88. The number of nitrogens with two attached hydrogens (primary N) is 1. The number of allylic oxidation sites excluding steroid dienone is 5. The molecule has 1 rings (SSSR count). The first-order valence-electron chi connectivity index (χ1n) is 4.81. The van der Waals surface area contributed by atoms with E-state index in [2.05, 4.69) is 28.9 Å². The highest BCUT2D eigenvalue weighted by molar-refractivity contribution is 9.11. The first kappa shape index (κ1) is 11.4. The summed E-state index contributed by atoms with van der Waals surface area (Å²) in [6, 6.07) is 0. The van der Waals surface area contributed by atoms with E-state index in [1.807, 2.05) is 13.0 Å². The van der Waals surface area contributed by atoms with Crippen molar-refractivity contribution < 1.29 is 4.74 Å². The molecule has 0 aromatic rings. The molecule has 0 saturated carbocycles. The molecular weight excluding hydrogens is 242 g/mol. The summed E-state index contributed by atoms with van der Waals surface area (Å²) in [5.41, 5.74) is 7.74. The Morgan fingerprint density at radius 3 is 2.93 bits per heavy atom. The summed E-state index contributed by atoms with van der Waals surface area (Å²) in [5, 5.41) is 0. The molecule has 0 atom stereocenters. The van der Waals surface area contributed by atoms with Crippen LogP contribution in [0.3, 0.4) is 0 Å². The summed E-state index contributed by atoms with van der Waals surface area (Å²) in [6.45, 7) is 4.74. The normalized spacial score (nSPS) is 23.9. The van der Waals surface area contributed by atoms with Crippen molar-refractivity contribution in [2.45, 2.75) is 26.7 Å². The Labute approximate surface area is 93.6 Å². The minimum Gasteiger partial charge on any atom is -0.492 e. The molecule has 0 amide bonds. The van der Waals surface area contributed by atoms with Gasteiger partial charge in [-0.3, -0.25) is 0 Å². The fourth-order valence-electron chi connectivity index (χ4n) is 1.34. The molecule has 1 saturated heterocycles. The first-order valence-corrected chi connectivity index (χ1v) is 5.60. The maximum atomic E-state index is 5.78. The Morgan fingerprint density at radius 1 is 1.64 bits per heavy atom. The van der Waals surface area contributed by atoms with Crippen LogP contribution in [0, 0.1) is 0 Å². The molecule has 1 aliphatic heterocycles. The molecule has 0 radical (unpaired) electrons. The summed E-state index contributed by atoms with van der Waals surface area (Å²) in [6.07, 6.45) is 6.03. The number of halogens is 1. The van der Waals surface area contributed by atoms with Crippen LogP contribution in [-0.2, 0) is 4.74 Å². The average molecular weight is 258 g/mol. The van der Waals surface area contributed by atoms with Gasteiger partial charge in [-0.05, 0) is 35.4 Å². The van der Waals surface area contributed by atoms with Crippen molar-refractivity contribution in [1.82, 2.24) is 0 Å². The Bertz CT molecular complexity index is 298. The minimum atomic E-state index is 0.730. The smallest absolute Gasteiger partial charge is 0.138 e. The third-order valence-corrected chi connectivity index (χ3v) is 2.69. The number of rotatable bonds is 2. The highest BCUT2D eigenvalue weighted by Crippen LogP contribution is 2.31. The number of ether oxygens (including phenoxy) is 1. The molecule has 0 aromatic carbocycles. The van der Waals surface area contributed by atoms with Gasteiger partial charge in [0.1, 0.15) is 5.76 Å². The maximum Gasteiger partial charge on any atom is 0.138 e. The molecule has 0 bridgehead atoms. The molecule has 0 aromatic heterocycles. The fraction of sp³-hybridized carbons (Fsp3) is 0.455. The largest absolute Gasteiger partial charge is 0.492 e. The average Bonchev–Trinajstić information content (AvgIpc) is 2.62. The molecule has 1 aliphatic rings. The Balaban J connectivity index is 2.95. The van der Waals surface area contributed by atoms with Crippen LogP contribution in [0.25, 0.3) is 0 Å². The van der Waals surface area contributed by atoms with Gasteiger partial charge >= 0.3 is 0 Å². The van der Waals surface area contributed by atoms with Gasteiger partial charge in [0.05, 0.1) is 11.1 Å². The van der Waals surface area contributed by atoms with Crippen LogP contribution >= 0.6 is 15.9 Å². The van der Waals surface area contributed by atoms with Crippen LogP contribution in [0.2, 0.25) is 0 Å². The van der Waals surface area contributed by atoms with Crippen molar-refractivity contribution in [3.8, 4) is 0 Å². The van der Waals surface area contributed by atoms with Crippen LogP contribution in [0.5, 0.6) is 0 Å². The van der Waals surface area contributed by atoms with Crippen molar-refractivity contribution in [3.63, 3.8) is 0 Å². The summed E-state index contributed by atoms with van der Waals surface area (Å²) in [5.74, 6) is 0.898. The zero-order chi connectivity index (χ0) is 10.6. The molecule has 0 spiro atoms. The van der Waals surface area contributed by atoms with E-state index in [0.717, 1.165) is 41.0 Å². The van der Waals surface area contributed by atoms with E-state index >= 15 is 0 Å². The molecule has 1 fully saturated rings. The van der Waals surface area contributed by atoms with E-state index in [-0.39, 0.29) is 0 Å². The van der Waals surface area contributed by atoms with Gasteiger partial charge in [-0.1, -0.05) is 13.0 Å². The third kappa shape index (κ3) is 2.64. The van der Waals surface area contributed by atoms with E-state index in [4.69, 9.17) is 10.5 Å². The molecule has 2 nitrogen and oxygen atoms in total. The molecule has 0 aliphatic carbocycles. The SMILES string of the molecule is CC/C=C/C(Br)=C1/OCC/C1=C(/C)N. The number of hydrogen-bond donors (Lipinski definition) is 1. The molecule has 78 valence electrons. The summed E-state index contributed by atoms with van der Waals surface area (Å²) >= 11 is 3.49. The summed E-state index contributed by atoms with van der Waals surface area (Å²) in [7, 11) is 0. The molecule has 3 heteroatoms. The predicted molar refractivity (Wildman–Crippen MR) is 62.8 cm³/mol. The van der Waals surface area contributed by atoms with Crippen molar-refractivity contribution in [3.05, 3.63) is 33.7 Å². The topological polar surface area (TPSA) is 35.2 Å². The second-order valence-corrected chi connectivity index (χ2v) is 4.10. The third-order valence-electron chi connectivity index (χ3n) is 2.07. The zero-order valence-corrected chi connectivity index (χ0v) is 10.2. The highest BCUT2D eigenvalue weighted by atomic mass is 79.9.